The highest BCUT2D eigenvalue weighted by atomic mass is 32.2. The number of hydrogen-bond acceptors (Lipinski definition) is 4. The highest BCUT2D eigenvalue weighted by Crippen LogP contribution is 2.21. The van der Waals surface area contributed by atoms with E-state index in [1.54, 1.807) is 19.1 Å². The van der Waals surface area contributed by atoms with Crippen molar-refractivity contribution in [3.8, 4) is 5.75 Å². The zero-order chi connectivity index (χ0) is 21.6. The standard InChI is InChI=1S/C22H27FN2O4S/c1-16(17-7-9-18(23)10-8-17)24-22(26)15-29-20-11-13-21(14-12-20)30(27,28)25-19-5-3-2-4-6-19/h7-14,16,19,25H,2-6,15H2,1H3,(H,24,26)/t16-/m0/s1. The number of benzene rings is 2. The van der Waals surface area contributed by atoms with E-state index in [-0.39, 0.29) is 35.3 Å². The van der Waals surface area contributed by atoms with Crippen molar-refractivity contribution in [2.75, 3.05) is 6.61 Å². The lowest BCUT2D eigenvalue weighted by Gasteiger charge is -2.22. The van der Waals surface area contributed by atoms with Gasteiger partial charge in [0, 0.05) is 6.04 Å². The van der Waals surface area contributed by atoms with Crippen molar-refractivity contribution in [2.24, 2.45) is 0 Å². The smallest absolute Gasteiger partial charge is 0.258 e. The second kappa shape index (κ2) is 10.0. The van der Waals surface area contributed by atoms with Crippen molar-refractivity contribution >= 4 is 15.9 Å². The minimum atomic E-state index is -3.57. The fourth-order valence-electron chi connectivity index (χ4n) is 3.49. The molecular weight excluding hydrogens is 407 g/mol. The van der Waals surface area contributed by atoms with Crippen LogP contribution in [0.4, 0.5) is 4.39 Å². The Kier molecular flexibility index (Phi) is 7.44. The van der Waals surface area contributed by atoms with E-state index in [9.17, 15) is 17.6 Å². The maximum absolute atomic E-state index is 13.0. The number of carbonyl (C=O) groups excluding carboxylic acids is 1. The molecule has 0 aromatic heterocycles. The fourth-order valence-corrected chi connectivity index (χ4v) is 4.79. The summed E-state index contributed by atoms with van der Waals surface area (Å²) in [6.45, 7) is 1.59. The third-order valence-electron chi connectivity index (χ3n) is 5.18. The third-order valence-corrected chi connectivity index (χ3v) is 6.71. The molecule has 0 spiro atoms. The van der Waals surface area contributed by atoms with Crippen molar-refractivity contribution in [1.82, 2.24) is 10.0 Å². The molecule has 6 nitrogen and oxygen atoms in total. The summed E-state index contributed by atoms with van der Waals surface area (Å²) in [4.78, 5) is 12.3. The van der Waals surface area contributed by atoms with Crippen molar-refractivity contribution in [3.05, 3.63) is 59.9 Å². The molecule has 0 bridgehead atoms. The van der Waals surface area contributed by atoms with Gasteiger partial charge in [-0.05, 0) is 61.7 Å². The van der Waals surface area contributed by atoms with Crippen LogP contribution in [-0.4, -0.2) is 27.0 Å². The Hall–Kier alpha value is -2.45. The summed E-state index contributed by atoms with van der Waals surface area (Å²) < 4.78 is 46.2. The zero-order valence-corrected chi connectivity index (χ0v) is 17.8. The van der Waals surface area contributed by atoms with Gasteiger partial charge in [-0.3, -0.25) is 4.79 Å². The van der Waals surface area contributed by atoms with Crippen LogP contribution in [-0.2, 0) is 14.8 Å². The number of nitrogens with one attached hydrogen (secondary N) is 2. The van der Waals surface area contributed by atoms with Gasteiger partial charge in [-0.25, -0.2) is 17.5 Å². The number of halogens is 1. The number of carbonyl (C=O) groups is 1. The summed E-state index contributed by atoms with van der Waals surface area (Å²) in [5, 5.41) is 2.77. The van der Waals surface area contributed by atoms with Gasteiger partial charge < -0.3 is 10.1 Å². The molecule has 1 saturated carbocycles. The molecule has 1 fully saturated rings. The van der Waals surface area contributed by atoms with Gasteiger partial charge >= 0.3 is 0 Å². The average molecular weight is 435 g/mol. The Balaban J connectivity index is 1.50. The van der Waals surface area contributed by atoms with Gasteiger partial charge in [-0.2, -0.15) is 0 Å². The monoisotopic (exact) mass is 434 g/mol. The van der Waals surface area contributed by atoms with Crippen LogP contribution in [0, 0.1) is 5.82 Å². The predicted molar refractivity (Wildman–Crippen MR) is 112 cm³/mol. The molecule has 0 saturated heterocycles. The van der Waals surface area contributed by atoms with Crippen LogP contribution >= 0.6 is 0 Å². The minimum absolute atomic E-state index is 0.00790. The maximum Gasteiger partial charge on any atom is 0.258 e. The molecule has 162 valence electrons. The molecule has 30 heavy (non-hydrogen) atoms. The molecule has 2 N–H and O–H groups in total. The summed E-state index contributed by atoms with van der Waals surface area (Å²) in [7, 11) is -3.57. The highest BCUT2D eigenvalue weighted by molar-refractivity contribution is 7.89. The topological polar surface area (TPSA) is 84.5 Å². The van der Waals surface area contributed by atoms with Crippen molar-refractivity contribution in [1.29, 1.82) is 0 Å². The van der Waals surface area contributed by atoms with Crippen LogP contribution in [0.2, 0.25) is 0 Å². The first-order valence-electron chi connectivity index (χ1n) is 10.1. The van der Waals surface area contributed by atoms with Gasteiger partial charge in [-0.15, -0.1) is 0 Å². The summed E-state index contributed by atoms with van der Waals surface area (Å²) in [6.07, 6.45) is 4.97. The first kappa shape index (κ1) is 22.2. The Morgan fingerprint density at radius 1 is 1.07 bits per heavy atom. The molecule has 8 heteroatoms. The normalized spacial score (nSPS) is 16.1. The first-order valence-corrected chi connectivity index (χ1v) is 11.6. The quantitative estimate of drug-likeness (QED) is 0.664. The largest absolute Gasteiger partial charge is 0.484 e. The first-order chi connectivity index (χ1) is 14.3. The van der Waals surface area contributed by atoms with E-state index in [4.69, 9.17) is 4.74 Å². The van der Waals surface area contributed by atoms with Crippen LogP contribution in [0.15, 0.2) is 53.4 Å². The number of amides is 1. The summed E-state index contributed by atoms with van der Waals surface area (Å²) >= 11 is 0. The minimum Gasteiger partial charge on any atom is -0.484 e. The lowest BCUT2D eigenvalue weighted by molar-refractivity contribution is -0.123. The average Bonchev–Trinajstić information content (AvgIpc) is 2.73. The molecule has 1 amide bonds. The second-order valence-corrected chi connectivity index (χ2v) is 9.27. The molecule has 0 aliphatic heterocycles. The molecule has 1 atom stereocenters. The van der Waals surface area contributed by atoms with E-state index >= 15 is 0 Å². The molecule has 1 aliphatic rings. The summed E-state index contributed by atoms with van der Waals surface area (Å²) in [6, 6.07) is 11.6. The molecule has 0 radical (unpaired) electrons. The number of sulfonamides is 1. The van der Waals surface area contributed by atoms with Crippen LogP contribution in [0.1, 0.15) is 50.6 Å². The molecule has 3 rings (SSSR count). The Labute approximate surface area is 176 Å². The van der Waals surface area contributed by atoms with Crippen LogP contribution < -0.4 is 14.8 Å². The summed E-state index contributed by atoms with van der Waals surface area (Å²) in [5.74, 6) is -0.265. The second-order valence-electron chi connectivity index (χ2n) is 7.56. The fraction of sp³-hybridized carbons (Fsp3) is 0.409. The van der Waals surface area contributed by atoms with Crippen molar-refractivity contribution < 1.29 is 22.3 Å². The number of ether oxygens (including phenoxy) is 1. The van der Waals surface area contributed by atoms with Crippen LogP contribution in [0.5, 0.6) is 5.75 Å². The predicted octanol–water partition coefficient (Wildman–Crippen LogP) is 3.69. The highest BCUT2D eigenvalue weighted by Gasteiger charge is 2.21. The summed E-state index contributed by atoms with van der Waals surface area (Å²) in [5.41, 5.74) is 0.782. The zero-order valence-electron chi connectivity index (χ0n) is 16.9. The SMILES string of the molecule is C[C@H](NC(=O)COc1ccc(S(=O)(=O)NC2CCCCC2)cc1)c1ccc(F)cc1. The van der Waals surface area contributed by atoms with E-state index in [0.29, 0.717) is 5.75 Å². The molecule has 1 aliphatic carbocycles. The lowest BCUT2D eigenvalue weighted by atomic mass is 9.96. The maximum atomic E-state index is 13.0. The van der Waals surface area contributed by atoms with Gasteiger partial charge in [0.05, 0.1) is 10.9 Å². The Morgan fingerprint density at radius 2 is 1.70 bits per heavy atom. The Bertz CT molecular complexity index is 940. The number of rotatable bonds is 8. The van der Waals surface area contributed by atoms with E-state index in [1.165, 1.54) is 36.4 Å². The Morgan fingerprint density at radius 3 is 2.33 bits per heavy atom. The van der Waals surface area contributed by atoms with Gasteiger partial charge in [0.1, 0.15) is 11.6 Å². The van der Waals surface area contributed by atoms with E-state index in [0.717, 1.165) is 37.7 Å². The van der Waals surface area contributed by atoms with Gasteiger partial charge in [0.2, 0.25) is 10.0 Å². The van der Waals surface area contributed by atoms with Gasteiger partial charge in [-0.1, -0.05) is 31.4 Å². The third kappa shape index (κ3) is 6.27. The lowest BCUT2D eigenvalue weighted by Crippen LogP contribution is -2.36. The van der Waals surface area contributed by atoms with Crippen molar-refractivity contribution in [3.63, 3.8) is 0 Å². The van der Waals surface area contributed by atoms with E-state index in [1.807, 2.05) is 0 Å². The molecule has 2 aromatic rings. The molecule has 0 unspecified atom stereocenters. The van der Waals surface area contributed by atoms with E-state index in [2.05, 4.69) is 10.0 Å². The molecule has 0 heterocycles. The van der Waals surface area contributed by atoms with E-state index < -0.39 is 10.0 Å². The van der Waals surface area contributed by atoms with Crippen molar-refractivity contribution in [2.45, 2.75) is 56.0 Å². The van der Waals surface area contributed by atoms with Gasteiger partial charge in [0.15, 0.2) is 6.61 Å². The van der Waals surface area contributed by atoms with Crippen LogP contribution in [0.3, 0.4) is 0 Å². The molecular formula is C22H27FN2O4S. The number of hydrogen-bond donors (Lipinski definition) is 2. The molecule has 2 aromatic carbocycles. The van der Waals surface area contributed by atoms with Gasteiger partial charge in [0.25, 0.3) is 5.91 Å². The van der Waals surface area contributed by atoms with Crippen LogP contribution in [0.25, 0.3) is 0 Å².